The summed E-state index contributed by atoms with van der Waals surface area (Å²) in [4.78, 5) is 45.3. The second-order valence-electron chi connectivity index (χ2n) is 6.59. The van der Waals surface area contributed by atoms with Gasteiger partial charge in [0.2, 0.25) is 12.4 Å². The molecule has 1 fully saturated rings. The number of methoxy groups -OCH3 is 1. The van der Waals surface area contributed by atoms with Crippen LogP contribution in [0.1, 0.15) is 20.8 Å². The lowest BCUT2D eigenvalue weighted by atomic mass is 9.98. The van der Waals surface area contributed by atoms with Gasteiger partial charge in [-0.1, -0.05) is 0 Å². The lowest BCUT2D eigenvalue weighted by Gasteiger charge is -2.44. The van der Waals surface area contributed by atoms with E-state index in [-0.39, 0.29) is 18.0 Å². The zero-order chi connectivity index (χ0) is 23.1. The number of carbonyl (C=O) groups is 3. The van der Waals surface area contributed by atoms with E-state index in [1.807, 2.05) is 0 Å². The first-order valence-electron chi connectivity index (χ1n) is 9.19. The van der Waals surface area contributed by atoms with Crippen molar-refractivity contribution >= 4 is 23.6 Å². The maximum absolute atomic E-state index is 11.7. The Morgan fingerprint density at radius 3 is 1.94 bits per heavy atom. The number of nitrogens with zero attached hydrogens (tertiary/aromatic N) is 1. The van der Waals surface area contributed by atoms with Crippen molar-refractivity contribution in [2.24, 2.45) is 0 Å². The van der Waals surface area contributed by atoms with Gasteiger partial charge < -0.3 is 28.4 Å². The quantitative estimate of drug-likeness (QED) is 0.247. The van der Waals surface area contributed by atoms with Crippen LogP contribution in [0.5, 0.6) is 5.75 Å². The zero-order valence-electron chi connectivity index (χ0n) is 17.3. The first-order chi connectivity index (χ1) is 14.6. The Balaban J connectivity index is 2.40. The molecule has 0 spiro atoms. The standard InChI is InChI=1S/C19H23NO11/c1-10(21)27-16-15(9-26-4)31-19(18(29-12(3)23)17(16)28-11(2)22)30-14-7-5-13(6-8-14)20(24)25/h5-8,15-19H,9H2,1-4H3/t15-,16+,17+,18-,19-/m1/s1. The molecule has 0 unspecified atom stereocenters. The zero-order valence-corrected chi connectivity index (χ0v) is 17.3. The summed E-state index contributed by atoms with van der Waals surface area (Å²) in [5.41, 5.74) is -0.154. The van der Waals surface area contributed by atoms with Crippen LogP contribution >= 0.6 is 0 Å². The average Bonchev–Trinajstić information content (AvgIpc) is 2.67. The molecule has 31 heavy (non-hydrogen) atoms. The summed E-state index contributed by atoms with van der Waals surface area (Å²) in [7, 11) is 1.39. The van der Waals surface area contributed by atoms with Crippen LogP contribution in [0, 0.1) is 10.1 Å². The van der Waals surface area contributed by atoms with Crippen LogP contribution in [-0.4, -0.2) is 67.3 Å². The largest absolute Gasteiger partial charge is 0.461 e. The molecule has 5 atom stereocenters. The van der Waals surface area contributed by atoms with Crippen molar-refractivity contribution in [2.75, 3.05) is 13.7 Å². The molecule has 0 aliphatic carbocycles. The predicted octanol–water partition coefficient (Wildman–Crippen LogP) is 1.14. The maximum Gasteiger partial charge on any atom is 0.303 e. The Kier molecular flexibility index (Phi) is 8.28. The topological polar surface area (TPSA) is 150 Å². The number of benzene rings is 1. The lowest BCUT2D eigenvalue weighted by molar-refractivity contribution is -0.384. The van der Waals surface area contributed by atoms with Gasteiger partial charge in [-0.3, -0.25) is 24.5 Å². The number of hydrogen-bond acceptors (Lipinski definition) is 11. The van der Waals surface area contributed by atoms with Crippen LogP contribution in [0.4, 0.5) is 5.69 Å². The third kappa shape index (κ3) is 6.62. The van der Waals surface area contributed by atoms with Gasteiger partial charge in [-0.25, -0.2) is 0 Å². The van der Waals surface area contributed by atoms with E-state index < -0.39 is 53.5 Å². The Morgan fingerprint density at radius 1 is 0.935 bits per heavy atom. The summed E-state index contributed by atoms with van der Waals surface area (Å²) in [6.07, 6.45) is -5.96. The fourth-order valence-electron chi connectivity index (χ4n) is 3.03. The second-order valence-corrected chi connectivity index (χ2v) is 6.59. The van der Waals surface area contributed by atoms with Gasteiger partial charge in [0.25, 0.3) is 5.69 Å². The van der Waals surface area contributed by atoms with Crippen LogP contribution in [-0.2, 0) is 38.1 Å². The molecule has 0 saturated carbocycles. The highest BCUT2D eigenvalue weighted by Crippen LogP contribution is 2.31. The summed E-state index contributed by atoms with van der Waals surface area (Å²) in [6.45, 7) is 3.37. The minimum absolute atomic E-state index is 0.0668. The van der Waals surface area contributed by atoms with Crippen molar-refractivity contribution in [1.29, 1.82) is 0 Å². The molecule has 1 saturated heterocycles. The molecule has 1 aliphatic heterocycles. The third-order valence-corrected chi connectivity index (χ3v) is 4.13. The van der Waals surface area contributed by atoms with Crippen molar-refractivity contribution < 1.29 is 47.7 Å². The van der Waals surface area contributed by atoms with Crippen LogP contribution in [0.3, 0.4) is 0 Å². The monoisotopic (exact) mass is 441 g/mol. The summed E-state index contributed by atoms with van der Waals surface area (Å²) in [5, 5.41) is 10.8. The molecule has 1 heterocycles. The van der Waals surface area contributed by atoms with Crippen molar-refractivity contribution in [3.63, 3.8) is 0 Å². The van der Waals surface area contributed by atoms with Gasteiger partial charge in [-0.05, 0) is 12.1 Å². The number of esters is 3. The number of ether oxygens (including phenoxy) is 6. The van der Waals surface area contributed by atoms with Crippen LogP contribution in [0.25, 0.3) is 0 Å². The highest BCUT2D eigenvalue weighted by Gasteiger charge is 2.53. The number of nitro groups is 1. The van der Waals surface area contributed by atoms with E-state index in [0.717, 1.165) is 20.8 Å². The molecule has 12 nitrogen and oxygen atoms in total. The van der Waals surface area contributed by atoms with E-state index in [0.29, 0.717) is 0 Å². The summed E-state index contributed by atoms with van der Waals surface area (Å²) in [6, 6.07) is 5.10. The van der Waals surface area contributed by atoms with Gasteiger partial charge in [0.1, 0.15) is 11.9 Å². The summed E-state index contributed by atoms with van der Waals surface area (Å²) < 4.78 is 32.5. The maximum atomic E-state index is 11.7. The van der Waals surface area contributed by atoms with Crippen LogP contribution in [0.15, 0.2) is 24.3 Å². The number of non-ortho nitro benzene ring substituents is 1. The molecule has 0 radical (unpaired) electrons. The van der Waals surface area contributed by atoms with Gasteiger partial charge >= 0.3 is 17.9 Å². The highest BCUT2D eigenvalue weighted by molar-refractivity contribution is 5.68. The van der Waals surface area contributed by atoms with Gasteiger partial charge in [0.05, 0.1) is 11.5 Å². The Labute approximate surface area is 177 Å². The molecular formula is C19H23NO11. The minimum atomic E-state index is -1.31. The molecule has 0 bridgehead atoms. The van der Waals surface area contributed by atoms with Gasteiger partial charge in [0.15, 0.2) is 12.2 Å². The third-order valence-electron chi connectivity index (χ3n) is 4.13. The first kappa shape index (κ1) is 24.0. The highest BCUT2D eigenvalue weighted by atomic mass is 16.7. The fraction of sp³-hybridized carbons (Fsp3) is 0.526. The first-order valence-corrected chi connectivity index (χ1v) is 9.19. The lowest BCUT2D eigenvalue weighted by Crippen LogP contribution is -2.63. The van der Waals surface area contributed by atoms with E-state index in [1.165, 1.54) is 31.4 Å². The fourth-order valence-corrected chi connectivity index (χ4v) is 3.03. The van der Waals surface area contributed by atoms with Crippen molar-refractivity contribution in [1.82, 2.24) is 0 Å². The van der Waals surface area contributed by atoms with Crippen molar-refractivity contribution in [3.05, 3.63) is 34.4 Å². The van der Waals surface area contributed by atoms with Gasteiger partial charge in [-0.2, -0.15) is 0 Å². The number of rotatable bonds is 8. The van der Waals surface area contributed by atoms with E-state index in [2.05, 4.69) is 0 Å². The van der Waals surface area contributed by atoms with Crippen LogP contribution < -0.4 is 4.74 Å². The minimum Gasteiger partial charge on any atom is -0.461 e. The number of hydrogen-bond donors (Lipinski definition) is 0. The molecule has 12 heteroatoms. The molecule has 0 aromatic heterocycles. The smallest absolute Gasteiger partial charge is 0.303 e. The molecule has 2 rings (SSSR count). The molecule has 1 aromatic rings. The van der Waals surface area contributed by atoms with E-state index >= 15 is 0 Å². The average molecular weight is 441 g/mol. The Morgan fingerprint density at radius 2 is 1.45 bits per heavy atom. The summed E-state index contributed by atoms with van der Waals surface area (Å²) in [5.74, 6) is -1.96. The summed E-state index contributed by atoms with van der Waals surface area (Å²) >= 11 is 0. The molecule has 1 aliphatic rings. The normalized spacial score (nSPS) is 25.2. The van der Waals surface area contributed by atoms with Gasteiger partial charge in [-0.15, -0.1) is 0 Å². The van der Waals surface area contributed by atoms with Crippen molar-refractivity contribution in [3.8, 4) is 5.75 Å². The molecular weight excluding hydrogens is 418 g/mol. The van der Waals surface area contributed by atoms with E-state index in [4.69, 9.17) is 28.4 Å². The molecule has 170 valence electrons. The second kappa shape index (κ2) is 10.7. The van der Waals surface area contributed by atoms with E-state index in [9.17, 15) is 24.5 Å². The van der Waals surface area contributed by atoms with Gasteiger partial charge in [0, 0.05) is 40.0 Å². The molecule has 0 N–H and O–H groups in total. The SMILES string of the molecule is COC[C@H]1O[C@@H](Oc2ccc([N+](=O)[O-])cc2)[C@H](OC(C)=O)[C@@H](OC(C)=O)[C@H]1OC(C)=O. The van der Waals surface area contributed by atoms with Crippen LogP contribution in [0.2, 0.25) is 0 Å². The predicted molar refractivity (Wildman–Crippen MR) is 101 cm³/mol. The van der Waals surface area contributed by atoms with E-state index in [1.54, 1.807) is 0 Å². The van der Waals surface area contributed by atoms with Crippen molar-refractivity contribution in [2.45, 2.75) is 51.5 Å². The molecule has 1 aromatic carbocycles. The Hall–Kier alpha value is -3.25. The molecule has 0 amide bonds. The number of carbonyl (C=O) groups excluding carboxylic acids is 3. The Bertz CT molecular complexity index is 810. The number of nitro benzene ring substituents is 1.